The molecule has 0 aliphatic heterocycles. The van der Waals surface area contributed by atoms with Crippen molar-refractivity contribution >= 4 is 31.9 Å². The third kappa shape index (κ3) is 2.28. The maximum atomic E-state index is 13.8. The summed E-state index contributed by atoms with van der Waals surface area (Å²) in [6.45, 7) is 2.68. The molecule has 6 heteroatoms. The summed E-state index contributed by atoms with van der Waals surface area (Å²) in [4.78, 5) is 0. The highest BCUT2D eigenvalue weighted by atomic mass is 79.9. The topological polar surface area (TPSA) is 30.7 Å². The summed E-state index contributed by atoms with van der Waals surface area (Å²) in [7, 11) is 0. The van der Waals surface area contributed by atoms with Crippen LogP contribution in [0.3, 0.4) is 0 Å². The van der Waals surface area contributed by atoms with Gasteiger partial charge in [-0.2, -0.15) is 0 Å². The molecule has 2 rings (SSSR count). The highest BCUT2D eigenvalue weighted by Crippen LogP contribution is 2.30. The molecule has 0 spiro atoms. The summed E-state index contributed by atoms with van der Waals surface area (Å²) in [6, 6.07) is 4.87. The van der Waals surface area contributed by atoms with E-state index in [4.69, 9.17) is 0 Å². The Hall–Kier alpha value is -0.750. The molecule has 0 radical (unpaired) electrons. The average molecular weight is 363 g/mol. The minimum atomic E-state index is -0.303. The molecule has 0 saturated carbocycles. The standard InChI is InChI=1S/C11H10Br2FN3/c1-2-17-9(6-12)15-16-11(17)10-7(13)4-3-5-8(10)14/h3-5H,2,6H2,1H3. The first-order valence-electron chi connectivity index (χ1n) is 5.11. The monoisotopic (exact) mass is 361 g/mol. The van der Waals surface area contributed by atoms with Crippen LogP contribution in [0, 0.1) is 5.82 Å². The second kappa shape index (κ2) is 5.27. The molecule has 1 heterocycles. The van der Waals surface area contributed by atoms with Gasteiger partial charge in [0, 0.05) is 11.0 Å². The predicted molar refractivity (Wildman–Crippen MR) is 71.4 cm³/mol. The van der Waals surface area contributed by atoms with Crippen LogP contribution in [-0.2, 0) is 11.9 Å². The number of nitrogens with zero attached hydrogens (tertiary/aromatic N) is 3. The third-order valence-electron chi connectivity index (χ3n) is 2.45. The fourth-order valence-corrected chi connectivity index (χ4v) is 2.60. The molecule has 2 aromatic rings. The smallest absolute Gasteiger partial charge is 0.168 e. The van der Waals surface area contributed by atoms with Crippen LogP contribution in [0.15, 0.2) is 22.7 Å². The van der Waals surface area contributed by atoms with Crippen molar-refractivity contribution in [3.05, 3.63) is 34.3 Å². The van der Waals surface area contributed by atoms with Gasteiger partial charge in [-0.3, -0.25) is 0 Å². The lowest BCUT2D eigenvalue weighted by molar-refractivity contribution is 0.625. The van der Waals surface area contributed by atoms with Crippen LogP contribution in [0.1, 0.15) is 12.7 Å². The second-order valence-corrected chi connectivity index (χ2v) is 4.83. The zero-order valence-electron chi connectivity index (χ0n) is 9.12. The summed E-state index contributed by atoms with van der Waals surface area (Å²) in [5, 5.41) is 8.70. The van der Waals surface area contributed by atoms with Crippen molar-refractivity contribution in [2.24, 2.45) is 0 Å². The zero-order valence-corrected chi connectivity index (χ0v) is 12.3. The molecule has 1 aromatic carbocycles. The van der Waals surface area contributed by atoms with Crippen molar-refractivity contribution in [2.75, 3.05) is 0 Å². The van der Waals surface area contributed by atoms with E-state index in [9.17, 15) is 4.39 Å². The minimum absolute atomic E-state index is 0.303. The fourth-order valence-electron chi connectivity index (χ4n) is 1.66. The molecule has 1 aromatic heterocycles. The number of halogens is 3. The molecule has 0 aliphatic rings. The zero-order chi connectivity index (χ0) is 12.4. The van der Waals surface area contributed by atoms with Gasteiger partial charge in [0.15, 0.2) is 5.82 Å². The first kappa shape index (κ1) is 12.7. The molecule has 90 valence electrons. The highest BCUT2D eigenvalue weighted by Gasteiger charge is 2.17. The van der Waals surface area contributed by atoms with Crippen LogP contribution in [0.2, 0.25) is 0 Å². The van der Waals surface area contributed by atoms with E-state index in [1.54, 1.807) is 12.1 Å². The van der Waals surface area contributed by atoms with Gasteiger partial charge in [0.2, 0.25) is 0 Å². The normalized spacial score (nSPS) is 10.8. The van der Waals surface area contributed by atoms with Crippen molar-refractivity contribution in [2.45, 2.75) is 18.8 Å². The van der Waals surface area contributed by atoms with Gasteiger partial charge in [-0.1, -0.05) is 22.0 Å². The molecule has 0 N–H and O–H groups in total. The second-order valence-electron chi connectivity index (χ2n) is 3.41. The molecule has 0 fully saturated rings. The largest absolute Gasteiger partial charge is 0.310 e. The summed E-state index contributed by atoms with van der Waals surface area (Å²) < 4.78 is 16.4. The van der Waals surface area contributed by atoms with Crippen LogP contribution in [-0.4, -0.2) is 14.8 Å². The molecular formula is C11H10Br2FN3. The van der Waals surface area contributed by atoms with Gasteiger partial charge in [0.25, 0.3) is 0 Å². The van der Waals surface area contributed by atoms with Crippen molar-refractivity contribution in [1.82, 2.24) is 14.8 Å². The lowest BCUT2D eigenvalue weighted by Crippen LogP contribution is -2.03. The number of aromatic nitrogens is 3. The van der Waals surface area contributed by atoms with E-state index in [-0.39, 0.29) is 5.82 Å². The summed E-state index contributed by atoms with van der Waals surface area (Å²) in [5.74, 6) is 1.03. The van der Waals surface area contributed by atoms with Crippen LogP contribution >= 0.6 is 31.9 Å². The molecule has 0 unspecified atom stereocenters. The lowest BCUT2D eigenvalue weighted by atomic mass is 10.2. The number of hydrogen-bond donors (Lipinski definition) is 0. The number of hydrogen-bond acceptors (Lipinski definition) is 2. The molecule has 0 aliphatic carbocycles. The Bertz CT molecular complexity index is 519. The van der Waals surface area contributed by atoms with Gasteiger partial charge in [0.1, 0.15) is 11.6 Å². The van der Waals surface area contributed by atoms with Gasteiger partial charge >= 0.3 is 0 Å². The number of benzene rings is 1. The first-order chi connectivity index (χ1) is 8.19. The fraction of sp³-hybridized carbons (Fsp3) is 0.273. The predicted octanol–water partition coefficient (Wildman–Crippen LogP) is 3.76. The van der Waals surface area contributed by atoms with Gasteiger partial charge in [-0.15, -0.1) is 10.2 Å². The maximum absolute atomic E-state index is 13.8. The van der Waals surface area contributed by atoms with E-state index >= 15 is 0 Å². The molecular weight excluding hydrogens is 353 g/mol. The summed E-state index contributed by atoms with van der Waals surface area (Å²) in [6.07, 6.45) is 0. The maximum Gasteiger partial charge on any atom is 0.168 e. The quantitative estimate of drug-likeness (QED) is 0.778. The molecule has 0 atom stereocenters. The molecule has 0 bridgehead atoms. The Kier molecular flexibility index (Phi) is 3.93. The van der Waals surface area contributed by atoms with E-state index in [0.29, 0.717) is 27.7 Å². The van der Waals surface area contributed by atoms with Crippen molar-refractivity contribution in [3.8, 4) is 11.4 Å². The van der Waals surface area contributed by atoms with E-state index in [0.717, 1.165) is 5.82 Å². The highest BCUT2D eigenvalue weighted by molar-refractivity contribution is 9.10. The van der Waals surface area contributed by atoms with E-state index in [1.807, 2.05) is 11.5 Å². The van der Waals surface area contributed by atoms with Crippen molar-refractivity contribution in [1.29, 1.82) is 0 Å². The van der Waals surface area contributed by atoms with Crippen LogP contribution in [0.4, 0.5) is 4.39 Å². The number of alkyl halides is 1. The third-order valence-corrected chi connectivity index (χ3v) is 3.61. The van der Waals surface area contributed by atoms with Crippen molar-refractivity contribution in [3.63, 3.8) is 0 Å². The van der Waals surface area contributed by atoms with Gasteiger partial charge < -0.3 is 4.57 Å². The van der Waals surface area contributed by atoms with Crippen molar-refractivity contribution < 1.29 is 4.39 Å². The van der Waals surface area contributed by atoms with E-state index < -0.39 is 0 Å². The van der Waals surface area contributed by atoms with Gasteiger partial charge in [-0.05, 0) is 35.0 Å². The Balaban J connectivity index is 2.64. The Morgan fingerprint density at radius 3 is 2.71 bits per heavy atom. The molecule has 3 nitrogen and oxygen atoms in total. The summed E-state index contributed by atoms with van der Waals surface area (Å²) in [5.41, 5.74) is 0.453. The van der Waals surface area contributed by atoms with Crippen LogP contribution < -0.4 is 0 Å². The Morgan fingerprint density at radius 2 is 2.12 bits per heavy atom. The Labute approximate surface area is 115 Å². The van der Waals surface area contributed by atoms with E-state index in [1.165, 1.54) is 6.07 Å². The molecule has 0 saturated heterocycles. The van der Waals surface area contributed by atoms with E-state index in [2.05, 4.69) is 42.1 Å². The van der Waals surface area contributed by atoms with Crippen LogP contribution in [0.5, 0.6) is 0 Å². The first-order valence-corrected chi connectivity index (χ1v) is 7.03. The minimum Gasteiger partial charge on any atom is -0.310 e. The molecule has 17 heavy (non-hydrogen) atoms. The average Bonchev–Trinajstić information content (AvgIpc) is 2.71. The SMILES string of the molecule is CCn1c(CBr)nnc1-c1c(F)cccc1Br. The molecule has 0 amide bonds. The number of rotatable bonds is 3. The van der Waals surface area contributed by atoms with Gasteiger partial charge in [-0.25, -0.2) is 4.39 Å². The summed E-state index contributed by atoms with van der Waals surface area (Å²) >= 11 is 6.69. The Morgan fingerprint density at radius 1 is 1.35 bits per heavy atom. The van der Waals surface area contributed by atoms with Crippen LogP contribution in [0.25, 0.3) is 11.4 Å². The van der Waals surface area contributed by atoms with Gasteiger partial charge in [0.05, 0.1) is 10.9 Å². The lowest BCUT2D eigenvalue weighted by Gasteiger charge is -2.08.